The van der Waals surface area contributed by atoms with E-state index < -0.39 is 0 Å². The number of hydrogen-bond donors (Lipinski definition) is 2. The molecule has 25 heavy (non-hydrogen) atoms. The fourth-order valence-corrected chi connectivity index (χ4v) is 4.02. The summed E-state index contributed by atoms with van der Waals surface area (Å²) in [6.45, 7) is 3.72. The number of nitrogens with one attached hydrogen (secondary N) is 2. The van der Waals surface area contributed by atoms with Gasteiger partial charge in [0.25, 0.3) is 0 Å². The number of aromatic nitrogens is 3. The quantitative estimate of drug-likeness (QED) is 0.614. The molecule has 1 aromatic heterocycles. The molecular weight excluding hydrogens is 312 g/mol. The van der Waals surface area contributed by atoms with Crippen molar-refractivity contribution in [2.75, 3.05) is 6.54 Å². The van der Waals surface area contributed by atoms with Gasteiger partial charge in [0.2, 0.25) is 0 Å². The number of aryl methyl sites for hydroxylation is 1. The van der Waals surface area contributed by atoms with E-state index in [2.05, 4.69) is 32.3 Å². The van der Waals surface area contributed by atoms with Crippen molar-refractivity contribution in [3.05, 3.63) is 12.2 Å². The second-order valence-electron chi connectivity index (χ2n) is 7.48. The van der Waals surface area contributed by atoms with E-state index in [1.807, 2.05) is 6.33 Å². The normalized spacial score (nSPS) is 19.6. The maximum atomic E-state index is 4.88. The van der Waals surface area contributed by atoms with E-state index in [0.717, 1.165) is 31.3 Å². The fourth-order valence-electron chi connectivity index (χ4n) is 4.02. The summed E-state index contributed by atoms with van der Waals surface area (Å²) in [4.78, 5) is 4.88. The van der Waals surface area contributed by atoms with Gasteiger partial charge < -0.3 is 15.2 Å². The molecule has 0 amide bonds. The van der Waals surface area contributed by atoms with Crippen LogP contribution in [-0.2, 0) is 13.0 Å². The Morgan fingerprint density at radius 2 is 1.64 bits per heavy atom. The topological polar surface area (TPSA) is 67.1 Å². The van der Waals surface area contributed by atoms with Crippen molar-refractivity contribution in [3.8, 4) is 0 Å². The monoisotopic (exact) mass is 346 g/mol. The molecule has 0 saturated heterocycles. The summed E-state index contributed by atoms with van der Waals surface area (Å²) in [6.07, 6.45) is 16.0. The highest BCUT2D eigenvalue weighted by atomic mass is 15.3. The fraction of sp³-hybridized carbons (Fsp3) is 0.842. The first-order valence-corrected chi connectivity index (χ1v) is 10.3. The molecule has 2 fully saturated rings. The van der Waals surface area contributed by atoms with Crippen LogP contribution in [0.5, 0.6) is 0 Å². The molecule has 6 heteroatoms. The van der Waals surface area contributed by atoms with Crippen molar-refractivity contribution in [2.24, 2.45) is 4.99 Å². The van der Waals surface area contributed by atoms with E-state index in [1.165, 1.54) is 64.2 Å². The second-order valence-corrected chi connectivity index (χ2v) is 7.48. The van der Waals surface area contributed by atoms with Crippen LogP contribution in [0.1, 0.15) is 77.0 Å². The van der Waals surface area contributed by atoms with Gasteiger partial charge in [0, 0.05) is 25.0 Å². The average Bonchev–Trinajstić information content (AvgIpc) is 3.11. The summed E-state index contributed by atoms with van der Waals surface area (Å²) >= 11 is 0. The lowest BCUT2D eigenvalue weighted by molar-refractivity contribution is 0.388. The number of guanidine groups is 1. The Hall–Kier alpha value is -1.59. The third-order valence-corrected chi connectivity index (χ3v) is 5.51. The highest BCUT2D eigenvalue weighted by molar-refractivity contribution is 5.80. The standard InChI is InChI=1S/C19H34N6/c1-2-18-24-21-15-25(18)14-13-20-19(22-16-9-5-3-6-10-16)23-17-11-7-4-8-12-17/h15-17H,2-14H2,1H3,(H2,20,22,23). The molecule has 0 atom stereocenters. The van der Waals surface area contributed by atoms with Crippen molar-refractivity contribution in [1.82, 2.24) is 25.4 Å². The lowest BCUT2D eigenvalue weighted by Crippen LogP contribution is -2.48. The first kappa shape index (κ1) is 18.2. The average molecular weight is 347 g/mol. The van der Waals surface area contributed by atoms with Crippen LogP contribution in [0.2, 0.25) is 0 Å². The van der Waals surface area contributed by atoms with Crippen LogP contribution in [0.15, 0.2) is 11.3 Å². The number of hydrogen-bond acceptors (Lipinski definition) is 3. The largest absolute Gasteiger partial charge is 0.354 e. The van der Waals surface area contributed by atoms with Crippen molar-refractivity contribution >= 4 is 5.96 Å². The van der Waals surface area contributed by atoms with Crippen LogP contribution >= 0.6 is 0 Å². The predicted molar refractivity (Wildman–Crippen MR) is 102 cm³/mol. The van der Waals surface area contributed by atoms with E-state index in [-0.39, 0.29) is 0 Å². The zero-order valence-electron chi connectivity index (χ0n) is 15.7. The number of rotatable bonds is 6. The summed E-state index contributed by atoms with van der Waals surface area (Å²) in [5.74, 6) is 2.06. The van der Waals surface area contributed by atoms with Gasteiger partial charge in [-0.2, -0.15) is 0 Å². The molecule has 0 spiro atoms. The van der Waals surface area contributed by atoms with Crippen LogP contribution in [0.3, 0.4) is 0 Å². The van der Waals surface area contributed by atoms with E-state index in [0.29, 0.717) is 12.1 Å². The zero-order chi connectivity index (χ0) is 17.3. The predicted octanol–water partition coefficient (Wildman–Crippen LogP) is 3.04. The van der Waals surface area contributed by atoms with Gasteiger partial charge >= 0.3 is 0 Å². The summed E-state index contributed by atoms with van der Waals surface area (Å²) in [7, 11) is 0. The Labute approximate surface area is 151 Å². The van der Waals surface area contributed by atoms with E-state index >= 15 is 0 Å². The summed E-state index contributed by atoms with van der Waals surface area (Å²) in [5.41, 5.74) is 0. The smallest absolute Gasteiger partial charge is 0.191 e. The van der Waals surface area contributed by atoms with Crippen molar-refractivity contribution < 1.29 is 0 Å². The Morgan fingerprint density at radius 3 is 2.20 bits per heavy atom. The van der Waals surface area contributed by atoms with Crippen molar-refractivity contribution in [3.63, 3.8) is 0 Å². The minimum Gasteiger partial charge on any atom is -0.354 e. The minimum absolute atomic E-state index is 0.588. The van der Waals surface area contributed by atoms with E-state index in [4.69, 9.17) is 4.99 Å². The lowest BCUT2D eigenvalue weighted by Gasteiger charge is -2.29. The summed E-state index contributed by atoms with van der Waals surface area (Å²) in [6, 6.07) is 1.18. The van der Waals surface area contributed by atoms with Gasteiger partial charge in [-0.3, -0.25) is 4.99 Å². The van der Waals surface area contributed by atoms with Gasteiger partial charge in [-0.15, -0.1) is 10.2 Å². The van der Waals surface area contributed by atoms with Gasteiger partial charge in [0.05, 0.1) is 6.54 Å². The first-order chi connectivity index (χ1) is 12.3. The highest BCUT2D eigenvalue weighted by Gasteiger charge is 2.18. The summed E-state index contributed by atoms with van der Waals surface area (Å²) in [5, 5.41) is 15.6. The SMILES string of the molecule is CCc1nncn1CCN=C(NC1CCCCC1)NC1CCCCC1. The van der Waals surface area contributed by atoms with Crippen LogP contribution in [0.4, 0.5) is 0 Å². The molecule has 140 valence electrons. The number of aliphatic imine (C=N–C) groups is 1. The molecule has 3 rings (SSSR count). The van der Waals surface area contributed by atoms with E-state index in [1.54, 1.807) is 0 Å². The minimum atomic E-state index is 0.588. The maximum Gasteiger partial charge on any atom is 0.191 e. The molecule has 0 aromatic carbocycles. The highest BCUT2D eigenvalue weighted by Crippen LogP contribution is 2.19. The molecule has 0 unspecified atom stereocenters. The van der Waals surface area contributed by atoms with Crippen molar-refractivity contribution in [2.45, 2.75) is 96.2 Å². The van der Waals surface area contributed by atoms with E-state index in [9.17, 15) is 0 Å². The third kappa shape index (κ3) is 5.72. The Balaban J connectivity index is 1.57. The van der Waals surface area contributed by atoms with Gasteiger partial charge in [-0.05, 0) is 25.7 Å². The van der Waals surface area contributed by atoms with Crippen LogP contribution < -0.4 is 10.6 Å². The molecule has 0 radical (unpaired) electrons. The van der Waals surface area contributed by atoms with Crippen LogP contribution in [0.25, 0.3) is 0 Å². The molecule has 1 aromatic rings. The molecule has 2 aliphatic rings. The molecule has 0 bridgehead atoms. The van der Waals surface area contributed by atoms with Crippen LogP contribution in [-0.4, -0.2) is 39.4 Å². The van der Waals surface area contributed by atoms with Gasteiger partial charge in [-0.1, -0.05) is 45.4 Å². The Morgan fingerprint density at radius 1 is 1.04 bits per heavy atom. The Bertz CT molecular complexity index is 504. The maximum absolute atomic E-state index is 4.88. The molecular formula is C19H34N6. The summed E-state index contributed by atoms with van der Waals surface area (Å²) < 4.78 is 2.11. The second kappa shape index (κ2) is 9.78. The first-order valence-electron chi connectivity index (χ1n) is 10.3. The molecule has 6 nitrogen and oxygen atoms in total. The number of nitrogens with zero attached hydrogens (tertiary/aromatic N) is 4. The van der Waals surface area contributed by atoms with Gasteiger partial charge in [-0.25, -0.2) is 0 Å². The molecule has 2 saturated carbocycles. The zero-order valence-corrected chi connectivity index (χ0v) is 15.7. The van der Waals surface area contributed by atoms with Gasteiger partial charge in [0.15, 0.2) is 5.96 Å². The van der Waals surface area contributed by atoms with Gasteiger partial charge in [0.1, 0.15) is 12.2 Å². The third-order valence-electron chi connectivity index (χ3n) is 5.51. The van der Waals surface area contributed by atoms with Crippen molar-refractivity contribution in [1.29, 1.82) is 0 Å². The molecule has 2 N–H and O–H groups in total. The molecule has 2 aliphatic carbocycles. The Kier molecular flexibility index (Phi) is 7.12. The molecule has 0 aliphatic heterocycles. The molecule has 1 heterocycles. The van der Waals surface area contributed by atoms with Crippen LogP contribution in [0, 0.1) is 0 Å². The lowest BCUT2D eigenvalue weighted by atomic mass is 9.95.